The van der Waals surface area contributed by atoms with Crippen LogP contribution in [0, 0.1) is 0 Å². The minimum absolute atomic E-state index is 0. The Bertz CT molecular complexity index is 79.1. The van der Waals surface area contributed by atoms with Gasteiger partial charge in [0.15, 0.2) is 0 Å². The maximum atomic E-state index is 8.00. The molecule has 0 N–H and O–H groups in total. The van der Waals surface area contributed by atoms with E-state index in [0.717, 1.165) is 0 Å². The van der Waals surface area contributed by atoms with Crippen LogP contribution in [0.25, 0.3) is 0 Å². The van der Waals surface area contributed by atoms with Crippen LogP contribution in [0.5, 0.6) is 0 Å². The second kappa shape index (κ2) is 63.8. The molecule has 0 aliphatic heterocycles. The molecule has 0 aromatic rings. The van der Waals surface area contributed by atoms with Crippen molar-refractivity contribution in [3.8, 4) is 0 Å². The molecule has 0 radical (unpaired) electrons. The fourth-order valence-corrected chi connectivity index (χ4v) is 0.111. The molecule has 0 aromatic carbocycles. The summed E-state index contributed by atoms with van der Waals surface area (Å²) in [6.45, 7) is 6.00. The first-order valence-electron chi connectivity index (χ1n) is 2.20. The van der Waals surface area contributed by atoms with Gasteiger partial charge in [0.25, 0.3) is 0 Å². The summed E-state index contributed by atoms with van der Waals surface area (Å²) in [5, 5.41) is 0. The standard InChI is InChI=1S/C4H4.3CH2O.Fe/c1-2-4-3-1;3*1-2;/h1-4H;3*1H2;. The van der Waals surface area contributed by atoms with Gasteiger partial charge in [0.1, 0.15) is 20.4 Å². The Kier molecular flexibility index (Phi) is 131. The Morgan fingerprint density at radius 1 is 0.545 bits per heavy atom. The fraction of sp³-hybridized carbons (Fsp3) is 0. The van der Waals surface area contributed by atoms with Crippen LogP contribution in [-0.4, -0.2) is 20.4 Å². The van der Waals surface area contributed by atoms with Crippen LogP contribution in [-0.2, 0) is 31.5 Å². The zero-order valence-corrected chi connectivity index (χ0v) is 7.11. The molecule has 0 atom stereocenters. The van der Waals surface area contributed by atoms with Crippen LogP contribution in [0.4, 0.5) is 0 Å². The van der Waals surface area contributed by atoms with E-state index < -0.39 is 0 Å². The van der Waals surface area contributed by atoms with Crippen molar-refractivity contribution in [3.05, 3.63) is 24.3 Å². The van der Waals surface area contributed by atoms with E-state index in [-0.39, 0.29) is 17.1 Å². The number of carbonyl (C=O) groups is 3. The first kappa shape index (κ1) is 22.5. The number of hydrogen-bond donors (Lipinski definition) is 0. The Morgan fingerprint density at radius 3 is 0.636 bits per heavy atom. The van der Waals surface area contributed by atoms with Gasteiger partial charge in [0.05, 0.1) is 0 Å². The van der Waals surface area contributed by atoms with Gasteiger partial charge in [0.2, 0.25) is 0 Å². The monoisotopic (exact) mass is 198 g/mol. The maximum absolute atomic E-state index is 8.00. The van der Waals surface area contributed by atoms with Gasteiger partial charge in [-0.3, -0.25) is 0 Å². The van der Waals surface area contributed by atoms with Crippen molar-refractivity contribution in [2.24, 2.45) is 0 Å². The van der Waals surface area contributed by atoms with Gasteiger partial charge in [-0.2, -0.15) is 0 Å². The van der Waals surface area contributed by atoms with E-state index in [1.807, 2.05) is 44.7 Å². The number of hydrogen-bond acceptors (Lipinski definition) is 3. The molecular formula is C7H10FeO3. The van der Waals surface area contributed by atoms with E-state index in [1.165, 1.54) is 0 Å². The molecule has 0 saturated carbocycles. The average Bonchev–Trinajstić information content (AvgIpc) is 1.96. The van der Waals surface area contributed by atoms with E-state index in [2.05, 4.69) is 0 Å². The van der Waals surface area contributed by atoms with Gasteiger partial charge < -0.3 is 14.4 Å². The summed E-state index contributed by atoms with van der Waals surface area (Å²) in [6.07, 6.45) is 8.00. The van der Waals surface area contributed by atoms with Crippen molar-refractivity contribution in [1.29, 1.82) is 0 Å². The number of rotatable bonds is 0. The van der Waals surface area contributed by atoms with Crippen molar-refractivity contribution >= 4 is 20.4 Å². The van der Waals surface area contributed by atoms with E-state index >= 15 is 0 Å². The molecule has 11 heavy (non-hydrogen) atoms. The Hall–Kier alpha value is -0.991. The molecule has 0 unspecified atom stereocenters. The number of allylic oxidation sites excluding steroid dienone is 4. The van der Waals surface area contributed by atoms with Crippen LogP contribution in [0.2, 0.25) is 0 Å². The molecule has 0 amide bonds. The van der Waals surface area contributed by atoms with Gasteiger partial charge >= 0.3 is 0 Å². The van der Waals surface area contributed by atoms with E-state index in [9.17, 15) is 0 Å². The summed E-state index contributed by atoms with van der Waals surface area (Å²) in [6, 6.07) is 0. The number of carbonyl (C=O) groups excluding carboxylic acids is 3. The molecule has 0 fully saturated rings. The first-order valence-corrected chi connectivity index (χ1v) is 2.20. The molecule has 0 saturated heterocycles. The molecular weight excluding hydrogens is 188 g/mol. The minimum atomic E-state index is 0. The second-order valence-corrected chi connectivity index (χ2v) is 0.770. The minimum Gasteiger partial charge on any atom is -0.307 e. The molecule has 0 spiro atoms. The molecule has 3 nitrogen and oxygen atoms in total. The second-order valence-electron chi connectivity index (χ2n) is 0.770. The Labute approximate surface area is 76.6 Å². The predicted octanol–water partition coefficient (Wildman–Crippen LogP) is 0.555. The van der Waals surface area contributed by atoms with E-state index in [1.54, 1.807) is 0 Å². The summed E-state index contributed by atoms with van der Waals surface area (Å²) in [5.41, 5.74) is 0. The zero-order valence-electron chi connectivity index (χ0n) is 6.01. The fourth-order valence-electron chi connectivity index (χ4n) is 0.111. The van der Waals surface area contributed by atoms with Crippen LogP contribution >= 0.6 is 0 Å². The van der Waals surface area contributed by atoms with Crippen LogP contribution in [0.1, 0.15) is 0 Å². The molecule has 1 rings (SSSR count). The van der Waals surface area contributed by atoms with Crippen LogP contribution in [0.3, 0.4) is 0 Å². The van der Waals surface area contributed by atoms with Crippen molar-refractivity contribution in [1.82, 2.24) is 0 Å². The quantitative estimate of drug-likeness (QED) is 0.534. The molecule has 1 aliphatic rings. The summed E-state index contributed by atoms with van der Waals surface area (Å²) in [5.74, 6) is 0. The third-order valence-electron chi connectivity index (χ3n) is 0.444. The van der Waals surface area contributed by atoms with Gasteiger partial charge in [-0.15, -0.1) is 0 Å². The predicted molar refractivity (Wildman–Crippen MR) is 39.6 cm³/mol. The molecule has 4 heteroatoms. The summed E-state index contributed by atoms with van der Waals surface area (Å²) >= 11 is 0. The van der Waals surface area contributed by atoms with Crippen molar-refractivity contribution < 1.29 is 31.5 Å². The smallest absolute Gasteiger partial charge is 0.106 e. The summed E-state index contributed by atoms with van der Waals surface area (Å²) in [4.78, 5) is 24.0. The van der Waals surface area contributed by atoms with Crippen LogP contribution in [0.15, 0.2) is 24.3 Å². The largest absolute Gasteiger partial charge is 0.307 e. The topological polar surface area (TPSA) is 51.2 Å². The average molecular weight is 198 g/mol. The van der Waals surface area contributed by atoms with Gasteiger partial charge in [0, 0.05) is 17.1 Å². The first-order chi connectivity index (χ1) is 5.00. The van der Waals surface area contributed by atoms with Crippen molar-refractivity contribution in [2.45, 2.75) is 0 Å². The third-order valence-corrected chi connectivity index (χ3v) is 0.444. The van der Waals surface area contributed by atoms with Crippen LogP contribution < -0.4 is 0 Å². The van der Waals surface area contributed by atoms with Gasteiger partial charge in [-0.1, -0.05) is 24.3 Å². The Morgan fingerprint density at radius 2 is 0.636 bits per heavy atom. The SMILES string of the molecule is C1=CC=C1.C=O.C=O.C=O.[Fe]. The van der Waals surface area contributed by atoms with E-state index in [0.29, 0.717) is 0 Å². The zero-order chi connectivity index (χ0) is 8.83. The molecule has 0 bridgehead atoms. The van der Waals surface area contributed by atoms with E-state index in [4.69, 9.17) is 14.4 Å². The third kappa shape index (κ3) is 48.9. The van der Waals surface area contributed by atoms with Crippen molar-refractivity contribution in [3.63, 3.8) is 0 Å². The summed E-state index contributed by atoms with van der Waals surface area (Å²) < 4.78 is 0. The van der Waals surface area contributed by atoms with Crippen molar-refractivity contribution in [2.75, 3.05) is 0 Å². The molecule has 0 aromatic heterocycles. The van der Waals surface area contributed by atoms with Gasteiger partial charge in [-0.05, 0) is 0 Å². The normalized spacial score (nSPS) is 6.91. The molecule has 0 heterocycles. The molecule has 1 aliphatic carbocycles. The summed E-state index contributed by atoms with van der Waals surface area (Å²) in [7, 11) is 0. The van der Waals surface area contributed by atoms with Gasteiger partial charge in [-0.25, -0.2) is 0 Å². The maximum Gasteiger partial charge on any atom is 0.106 e. The Balaban J connectivity index is -0.0000000317. The molecule has 64 valence electrons.